The van der Waals surface area contributed by atoms with Crippen molar-refractivity contribution in [2.75, 3.05) is 14.2 Å². The smallest absolute Gasteiger partial charge is 0.274 e. The lowest BCUT2D eigenvalue weighted by atomic mass is 9.77. The van der Waals surface area contributed by atoms with Gasteiger partial charge in [-0.15, -0.1) is 11.3 Å². The van der Waals surface area contributed by atoms with Gasteiger partial charge in [-0.3, -0.25) is 19.0 Å². The van der Waals surface area contributed by atoms with Crippen molar-refractivity contribution in [2.24, 2.45) is 5.73 Å². The molecule has 0 spiro atoms. The third-order valence-corrected chi connectivity index (χ3v) is 8.68. The Morgan fingerprint density at radius 3 is 1.75 bits per heavy atom. The zero-order valence-electron chi connectivity index (χ0n) is 24.0. The predicted molar refractivity (Wildman–Crippen MR) is 172 cm³/mol. The summed E-state index contributed by atoms with van der Waals surface area (Å²) in [6.45, 7) is 0. The van der Waals surface area contributed by atoms with Crippen LogP contribution in [0.2, 0.25) is 0 Å². The molecule has 4 aromatic carbocycles. The number of carbonyl (C=O) groups excluding carboxylic acids is 2. The van der Waals surface area contributed by atoms with Crippen LogP contribution in [0.1, 0.15) is 37.8 Å². The molecule has 44 heavy (non-hydrogen) atoms. The minimum absolute atomic E-state index is 0.00471. The number of thiazole rings is 1. The van der Waals surface area contributed by atoms with E-state index in [1.54, 1.807) is 93.1 Å². The van der Waals surface area contributed by atoms with Crippen molar-refractivity contribution in [1.29, 1.82) is 0 Å². The number of nitrogens with zero attached hydrogens (tertiary/aromatic N) is 1. The molecule has 218 valence electrons. The summed E-state index contributed by atoms with van der Waals surface area (Å²) in [5.41, 5.74) is 9.11. The number of benzene rings is 4. The van der Waals surface area contributed by atoms with E-state index in [4.69, 9.17) is 15.2 Å². The molecule has 0 saturated heterocycles. The molecular weight excluding hydrogens is 572 g/mol. The molecule has 0 saturated carbocycles. The number of nitrogens with two attached hydrogens (primary N) is 1. The van der Waals surface area contributed by atoms with E-state index in [9.17, 15) is 14.4 Å². The third-order valence-electron chi connectivity index (χ3n) is 7.57. The number of allylic oxidation sites excluding steroid dienone is 1. The second-order valence-corrected chi connectivity index (χ2v) is 11.2. The van der Waals surface area contributed by atoms with E-state index in [0.717, 1.165) is 5.56 Å². The summed E-state index contributed by atoms with van der Waals surface area (Å²) < 4.78 is 12.7. The van der Waals surface area contributed by atoms with Crippen LogP contribution in [0.15, 0.2) is 120 Å². The number of aromatic nitrogens is 1. The summed E-state index contributed by atoms with van der Waals surface area (Å²) in [5, 5.41) is 0. The zero-order valence-corrected chi connectivity index (χ0v) is 24.8. The fraction of sp³-hybridized carbons (Fsp3) is 0.0833. The molecule has 1 aromatic heterocycles. The van der Waals surface area contributed by atoms with Gasteiger partial charge in [0.05, 0.1) is 24.3 Å². The third kappa shape index (κ3) is 5.16. The molecule has 0 aliphatic carbocycles. The number of ether oxygens (including phenoxy) is 2. The van der Waals surface area contributed by atoms with E-state index in [-0.39, 0.29) is 23.0 Å². The van der Waals surface area contributed by atoms with Gasteiger partial charge in [-0.1, -0.05) is 84.9 Å². The first-order valence-electron chi connectivity index (χ1n) is 13.9. The van der Waals surface area contributed by atoms with Crippen molar-refractivity contribution in [3.8, 4) is 11.5 Å². The first kappa shape index (κ1) is 28.6. The second kappa shape index (κ2) is 12.0. The van der Waals surface area contributed by atoms with Crippen LogP contribution in [-0.2, 0) is 0 Å². The molecule has 0 fully saturated rings. The highest BCUT2D eigenvalue weighted by molar-refractivity contribution is 7.07. The van der Waals surface area contributed by atoms with Crippen molar-refractivity contribution in [2.45, 2.75) is 5.92 Å². The summed E-state index contributed by atoms with van der Waals surface area (Å²) in [7, 11) is 3.15. The first-order valence-corrected chi connectivity index (χ1v) is 14.7. The van der Waals surface area contributed by atoms with Crippen LogP contribution in [-0.4, -0.2) is 30.4 Å². The van der Waals surface area contributed by atoms with E-state index in [0.29, 0.717) is 43.0 Å². The average Bonchev–Trinajstić information content (AvgIpc) is 3.40. The molecule has 0 radical (unpaired) electrons. The second-order valence-electron chi connectivity index (χ2n) is 10.1. The molecular formula is C36H28N2O5S. The number of hydrogen-bond acceptors (Lipinski definition) is 7. The Labute approximate surface area is 257 Å². The standard InChI is InChI=1S/C36H28N2O5S/c1-42-26-17-13-22(14-18-26)21-28-35(41)38-34(37)30(32(39)24-9-5-3-6-10-24)29(23-15-19-27(43-2)20-16-23)31(36(38)44-28)33(40)25-11-7-4-8-12-25/h3-21,29H,37H2,1-2H3/b28-21+/t29-/m1/s1. The number of methoxy groups -OCH3 is 2. The topological polar surface area (TPSA) is 101 Å². The largest absolute Gasteiger partial charge is 0.497 e. The molecule has 0 amide bonds. The Kier molecular flexibility index (Phi) is 7.83. The molecule has 1 aliphatic heterocycles. The lowest BCUT2D eigenvalue weighted by Gasteiger charge is -2.28. The van der Waals surface area contributed by atoms with Crippen molar-refractivity contribution in [3.05, 3.63) is 157 Å². The van der Waals surface area contributed by atoms with Crippen LogP contribution in [0.5, 0.6) is 11.5 Å². The van der Waals surface area contributed by atoms with E-state index < -0.39 is 11.5 Å². The number of Topliss-reactive ketones (excluding diaryl/α,β-unsaturated/α-hetero) is 2. The summed E-state index contributed by atoms with van der Waals surface area (Å²) in [5.74, 6) is -0.220. The molecule has 1 aliphatic rings. The minimum atomic E-state index is -0.854. The Bertz CT molecular complexity index is 2080. The van der Waals surface area contributed by atoms with Gasteiger partial charge in [-0.05, 0) is 41.5 Å². The van der Waals surface area contributed by atoms with E-state index >= 15 is 0 Å². The van der Waals surface area contributed by atoms with Gasteiger partial charge in [-0.25, -0.2) is 0 Å². The highest BCUT2D eigenvalue weighted by atomic mass is 32.1. The molecule has 2 heterocycles. The van der Waals surface area contributed by atoms with Crippen LogP contribution < -0.4 is 30.0 Å². The van der Waals surface area contributed by atoms with Gasteiger partial charge >= 0.3 is 0 Å². The minimum Gasteiger partial charge on any atom is -0.497 e. The predicted octanol–water partition coefficient (Wildman–Crippen LogP) is 4.60. The van der Waals surface area contributed by atoms with Gasteiger partial charge in [0.2, 0.25) is 0 Å². The van der Waals surface area contributed by atoms with Gasteiger partial charge in [0, 0.05) is 22.6 Å². The van der Waals surface area contributed by atoms with Crippen molar-refractivity contribution in [3.63, 3.8) is 0 Å². The molecule has 5 aromatic rings. The van der Waals surface area contributed by atoms with Crippen molar-refractivity contribution < 1.29 is 19.1 Å². The Balaban J connectivity index is 1.70. The van der Waals surface area contributed by atoms with Crippen LogP contribution in [0, 0.1) is 0 Å². The Morgan fingerprint density at radius 2 is 1.23 bits per heavy atom. The maximum atomic E-state index is 14.5. The highest BCUT2D eigenvalue weighted by Crippen LogP contribution is 2.40. The Hall–Kier alpha value is -5.47. The number of hydrogen-bond donors (Lipinski definition) is 1. The lowest BCUT2D eigenvalue weighted by Crippen LogP contribution is -2.41. The van der Waals surface area contributed by atoms with Gasteiger partial charge in [-0.2, -0.15) is 0 Å². The van der Waals surface area contributed by atoms with Crippen LogP contribution in [0.4, 0.5) is 0 Å². The zero-order chi connectivity index (χ0) is 30.8. The maximum Gasteiger partial charge on any atom is 0.274 e. The quantitative estimate of drug-likeness (QED) is 0.262. The molecule has 8 heteroatoms. The molecule has 1 atom stereocenters. The molecule has 2 N–H and O–H groups in total. The van der Waals surface area contributed by atoms with Crippen molar-refractivity contribution in [1.82, 2.24) is 4.57 Å². The van der Waals surface area contributed by atoms with Crippen LogP contribution in [0.25, 0.3) is 17.5 Å². The van der Waals surface area contributed by atoms with Gasteiger partial charge in [0.15, 0.2) is 11.6 Å². The number of fused-ring (bicyclic) bond motifs is 1. The van der Waals surface area contributed by atoms with Crippen molar-refractivity contribution >= 4 is 40.4 Å². The van der Waals surface area contributed by atoms with E-state index in [1.165, 1.54) is 15.9 Å². The molecule has 6 rings (SSSR count). The summed E-state index contributed by atoms with van der Waals surface area (Å²) >= 11 is 1.17. The van der Waals surface area contributed by atoms with E-state index in [2.05, 4.69) is 0 Å². The highest BCUT2D eigenvalue weighted by Gasteiger charge is 2.39. The SMILES string of the molecule is COc1ccc(/C=c2/sc3n(c2=O)C(N)=C(C(=O)c2ccccc2)[C@@H](c2ccc(OC)cc2)C=3C(=O)c2ccccc2)cc1. The lowest BCUT2D eigenvalue weighted by molar-refractivity contribution is 0.102. The van der Waals surface area contributed by atoms with Gasteiger partial charge < -0.3 is 15.2 Å². The summed E-state index contributed by atoms with van der Waals surface area (Å²) in [4.78, 5) is 42.8. The Morgan fingerprint density at radius 1 is 0.727 bits per heavy atom. The van der Waals surface area contributed by atoms with Crippen LogP contribution in [0.3, 0.4) is 0 Å². The van der Waals surface area contributed by atoms with Gasteiger partial charge in [0.1, 0.15) is 22.0 Å². The summed E-state index contributed by atoms with van der Waals surface area (Å²) in [6.07, 6.45) is 1.75. The normalized spacial score (nSPS) is 14.7. The fourth-order valence-corrected chi connectivity index (χ4v) is 6.54. The maximum absolute atomic E-state index is 14.5. The first-order chi connectivity index (χ1) is 21.4. The average molecular weight is 601 g/mol. The molecule has 0 unspecified atom stereocenters. The monoisotopic (exact) mass is 600 g/mol. The number of ketones is 2. The van der Waals surface area contributed by atoms with E-state index in [1.807, 2.05) is 36.4 Å². The fourth-order valence-electron chi connectivity index (χ4n) is 5.36. The molecule has 0 bridgehead atoms. The number of carbonyl (C=O) groups is 2. The number of rotatable bonds is 8. The van der Waals surface area contributed by atoms with Gasteiger partial charge in [0.25, 0.3) is 5.56 Å². The molecule has 7 nitrogen and oxygen atoms in total. The summed E-state index contributed by atoms with van der Waals surface area (Å²) in [6, 6.07) is 32.0. The van der Waals surface area contributed by atoms with Crippen LogP contribution >= 0.6 is 11.3 Å².